The van der Waals surface area contributed by atoms with Gasteiger partial charge in [-0.15, -0.1) is 0 Å². The van der Waals surface area contributed by atoms with Crippen molar-refractivity contribution < 1.29 is 17.8 Å². The standard InChI is InChI=1S/C14H29OS.C7H8O3S/c1-4-7-10-14(15)13-16(11-8-5-2)12-9-6-3;1-6-2-4-7(5-3-6)11(8,9)10/h4-13H2,1-3H3;2-5H,1H3,(H,8,9,10)/q+1;/p-1. The lowest BCUT2D eigenvalue weighted by molar-refractivity contribution is -0.116. The van der Waals surface area contributed by atoms with Crippen molar-refractivity contribution in [3.05, 3.63) is 29.8 Å². The molecule has 0 aliphatic heterocycles. The number of ketones is 1. The van der Waals surface area contributed by atoms with Gasteiger partial charge in [-0.1, -0.05) is 57.7 Å². The van der Waals surface area contributed by atoms with Gasteiger partial charge in [0, 0.05) is 6.42 Å². The summed E-state index contributed by atoms with van der Waals surface area (Å²) in [5, 5.41) is 0. The Kier molecular flexibility index (Phi) is 14.6. The topological polar surface area (TPSA) is 74.3 Å². The lowest BCUT2D eigenvalue weighted by atomic mass is 10.2. The molecule has 27 heavy (non-hydrogen) atoms. The average molecular weight is 417 g/mol. The summed E-state index contributed by atoms with van der Waals surface area (Å²) in [5.41, 5.74) is 0.928. The largest absolute Gasteiger partial charge is 0.744 e. The van der Waals surface area contributed by atoms with E-state index < -0.39 is 10.1 Å². The van der Waals surface area contributed by atoms with Crippen LogP contribution in [0.15, 0.2) is 29.2 Å². The molecule has 1 aromatic rings. The SMILES string of the molecule is CCCCC(=O)C[S+](CCCC)CCCC.Cc1ccc(S(=O)(=O)[O-])cc1. The number of aryl methyl sites for hydroxylation is 1. The second-order valence-electron chi connectivity index (χ2n) is 6.78. The van der Waals surface area contributed by atoms with Gasteiger partial charge < -0.3 is 4.55 Å². The summed E-state index contributed by atoms with van der Waals surface area (Å²) in [5.74, 6) is 3.96. The van der Waals surface area contributed by atoms with Gasteiger partial charge in [0.2, 0.25) is 0 Å². The molecule has 0 unspecified atom stereocenters. The normalized spacial score (nSPS) is 11.2. The molecule has 0 fully saturated rings. The van der Waals surface area contributed by atoms with Gasteiger partial charge in [0.05, 0.1) is 4.90 Å². The Morgan fingerprint density at radius 2 is 1.41 bits per heavy atom. The first-order valence-electron chi connectivity index (χ1n) is 9.92. The van der Waals surface area contributed by atoms with Gasteiger partial charge in [-0.05, 0) is 49.2 Å². The maximum Gasteiger partial charge on any atom is 0.181 e. The van der Waals surface area contributed by atoms with Crippen molar-refractivity contribution in [2.24, 2.45) is 0 Å². The van der Waals surface area contributed by atoms with E-state index in [9.17, 15) is 17.8 Å². The second kappa shape index (κ2) is 15.1. The molecular weight excluding hydrogens is 380 g/mol. The second-order valence-corrected chi connectivity index (χ2v) is 10.5. The minimum Gasteiger partial charge on any atom is -0.744 e. The van der Waals surface area contributed by atoms with Gasteiger partial charge in [-0.2, -0.15) is 0 Å². The van der Waals surface area contributed by atoms with E-state index in [-0.39, 0.29) is 4.90 Å². The van der Waals surface area contributed by atoms with E-state index in [4.69, 9.17) is 0 Å². The Bertz CT molecular complexity index is 602. The van der Waals surface area contributed by atoms with E-state index in [2.05, 4.69) is 20.8 Å². The van der Waals surface area contributed by atoms with Crippen molar-refractivity contribution in [2.75, 3.05) is 17.3 Å². The van der Waals surface area contributed by atoms with Gasteiger partial charge in [-0.25, -0.2) is 8.42 Å². The summed E-state index contributed by atoms with van der Waals surface area (Å²) in [6.45, 7) is 8.45. The molecular formula is C21H36O4S2. The first kappa shape index (κ1) is 26.1. The Labute approximate surface area is 169 Å². The first-order chi connectivity index (χ1) is 12.7. The lowest BCUT2D eigenvalue weighted by Crippen LogP contribution is -2.22. The van der Waals surface area contributed by atoms with Crippen LogP contribution in [-0.2, 0) is 25.8 Å². The molecule has 156 valence electrons. The average Bonchev–Trinajstić information content (AvgIpc) is 2.62. The van der Waals surface area contributed by atoms with Gasteiger partial charge in [0.15, 0.2) is 11.5 Å². The highest BCUT2D eigenvalue weighted by Gasteiger charge is 2.20. The molecule has 6 heteroatoms. The molecule has 0 amide bonds. The molecule has 4 nitrogen and oxygen atoms in total. The van der Waals surface area contributed by atoms with E-state index in [0.717, 1.165) is 30.6 Å². The van der Waals surface area contributed by atoms with E-state index in [1.165, 1.54) is 49.3 Å². The van der Waals surface area contributed by atoms with Gasteiger partial charge >= 0.3 is 0 Å². The number of carbonyl (C=O) groups excluding carboxylic acids is 1. The fraction of sp³-hybridized carbons (Fsp3) is 0.667. The van der Waals surface area contributed by atoms with Crippen LogP contribution in [0, 0.1) is 6.92 Å². The number of hydrogen-bond acceptors (Lipinski definition) is 4. The molecule has 0 heterocycles. The predicted octanol–water partition coefficient (Wildman–Crippen LogP) is 4.86. The number of benzene rings is 1. The minimum atomic E-state index is -4.27. The van der Waals surface area contributed by atoms with Crippen LogP contribution in [0.1, 0.15) is 71.3 Å². The number of unbranched alkanes of at least 4 members (excludes halogenated alkanes) is 3. The van der Waals surface area contributed by atoms with Crippen LogP contribution < -0.4 is 0 Å². The zero-order valence-corrected chi connectivity index (χ0v) is 19.0. The molecule has 0 bridgehead atoms. The van der Waals surface area contributed by atoms with Gasteiger partial charge in [0.1, 0.15) is 21.6 Å². The van der Waals surface area contributed by atoms with Crippen LogP contribution in [0.4, 0.5) is 0 Å². The van der Waals surface area contributed by atoms with Crippen LogP contribution in [0.2, 0.25) is 0 Å². The van der Waals surface area contributed by atoms with Crippen molar-refractivity contribution in [3.8, 4) is 0 Å². The summed E-state index contributed by atoms with van der Waals surface area (Å²) in [6, 6.07) is 5.78. The van der Waals surface area contributed by atoms with Crippen molar-refractivity contribution >= 4 is 26.8 Å². The Hall–Kier alpha value is -0.850. The number of carbonyl (C=O) groups is 1. The Morgan fingerprint density at radius 1 is 0.926 bits per heavy atom. The summed E-state index contributed by atoms with van der Waals surface area (Å²) in [7, 11) is -3.88. The fourth-order valence-corrected chi connectivity index (χ4v) is 5.28. The smallest absolute Gasteiger partial charge is 0.181 e. The quantitative estimate of drug-likeness (QED) is 0.360. The van der Waals surface area contributed by atoms with Crippen LogP contribution >= 0.6 is 0 Å². The van der Waals surface area contributed by atoms with Crippen LogP contribution in [0.5, 0.6) is 0 Å². The molecule has 0 spiro atoms. The van der Waals surface area contributed by atoms with E-state index in [1.807, 2.05) is 6.92 Å². The van der Waals surface area contributed by atoms with Crippen molar-refractivity contribution in [2.45, 2.75) is 77.5 Å². The molecule has 0 aliphatic carbocycles. The minimum absolute atomic E-state index is 0.178. The number of hydrogen-bond donors (Lipinski definition) is 0. The fourth-order valence-electron chi connectivity index (χ4n) is 2.32. The molecule has 0 saturated heterocycles. The molecule has 1 aromatic carbocycles. The van der Waals surface area contributed by atoms with Crippen molar-refractivity contribution in [3.63, 3.8) is 0 Å². The van der Waals surface area contributed by atoms with Crippen molar-refractivity contribution in [1.82, 2.24) is 0 Å². The van der Waals surface area contributed by atoms with Crippen molar-refractivity contribution in [1.29, 1.82) is 0 Å². The monoisotopic (exact) mass is 416 g/mol. The zero-order valence-electron chi connectivity index (χ0n) is 17.3. The molecule has 0 aromatic heterocycles. The lowest BCUT2D eigenvalue weighted by Gasteiger charge is -2.07. The van der Waals surface area contributed by atoms with Crippen LogP contribution in [0.25, 0.3) is 0 Å². The molecule has 0 atom stereocenters. The summed E-state index contributed by atoms with van der Waals surface area (Å²) >= 11 is 0. The first-order valence-corrected chi connectivity index (χ1v) is 13.1. The summed E-state index contributed by atoms with van der Waals surface area (Å²) in [6.07, 6.45) is 8.17. The maximum atomic E-state index is 11.7. The van der Waals surface area contributed by atoms with Gasteiger partial charge in [-0.3, -0.25) is 4.79 Å². The molecule has 0 aliphatic rings. The zero-order chi connectivity index (χ0) is 20.7. The Morgan fingerprint density at radius 3 is 1.81 bits per heavy atom. The molecule has 0 radical (unpaired) electrons. The highest BCUT2D eigenvalue weighted by atomic mass is 32.2. The molecule has 1 rings (SSSR count). The third-order valence-electron chi connectivity index (χ3n) is 4.06. The highest BCUT2D eigenvalue weighted by Crippen LogP contribution is 2.09. The summed E-state index contributed by atoms with van der Waals surface area (Å²) < 4.78 is 31.2. The summed E-state index contributed by atoms with van der Waals surface area (Å²) in [4.78, 5) is 11.6. The highest BCUT2D eigenvalue weighted by molar-refractivity contribution is 7.97. The van der Waals surface area contributed by atoms with E-state index >= 15 is 0 Å². The molecule has 0 N–H and O–H groups in total. The van der Waals surface area contributed by atoms with Crippen LogP contribution in [-0.4, -0.2) is 36.0 Å². The number of rotatable bonds is 12. The molecule has 0 saturated carbocycles. The predicted molar refractivity (Wildman–Crippen MR) is 115 cm³/mol. The Balaban J connectivity index is 0.000000533. The third kappa shape index (κ3) is 13.9. The third-order valence-corrected chi connectivity index (χ3v) is 7.37. The van der Waals surface area contributed by atoms with E-state index in [0.29, 0.717) is 16.7 Å². The van der Waals surface area contributed by atoms with Gasteiger partial charge in [0.25, 0.3) is 0 Å². The van der Waals surface area contributed by atoms with Crippen LogP contribution in [0.3, 0.4) is 0 Å². The number of Topliss-reactive ketones (excluding diaryl/α,β-unsaturated/α-hetero) is 1. The maximum absolute atomic E-state index is 11.7. The van der Waals surface area contributed by atoms with E-state index in [1.54, 1.807) is 12.1 Å².